The van der Waals surface area contributed by atoms with Gasteiger partial charge in [0.25, 0.3) is 0 Å². The van der Waals surface area contributed by atoms with Crippen LogP contribution < -0.4 is 0 Å². The summed E-state index contributed by atoms with van der Waals surface area (Å²) in [7, 11) is 0. The van der Waals surface area contributed by atoms with E-state index in [-0.39, 0.29) is 83.8 Å². The van der Waals surface area contributed by atoms with Crippen molar-refractivity contribution in [2.75, 3.05) is 0 Å². The van der Waals surface area contributed by atoms with E-state index in [0.717, 1.165) is 56.7 Å². The Hall–Kier alpha value is -2.64. The van der Waals surface area contributed by atoms with E-state index >= 15 is 0 Å². The first-order valence-electron chi connectivity index (χ1n) is 11.6. The van der Waals surface area contributed by atoms with Gasteiger partial charge in [-0.15, -0.1) is 49.6 Å². The fourth-order valence-electron chi connectivity index (χ4n) is 3.70. The van der Waals surface area contributed by atoms with Gasteiger partial charge < -0.3 is 0 Å². The average molecular weight is 726 g/mol. The van der Waals surface area contributed by atoms with Gasteiger partial charge >= 0.3 is 0 Å². The maximum absolute atomic E-state index is 4.70. The minimum atomic E-state index is 0. The molecule has 4 heterocycles. The van der Waals surface area contributed by atoms with Crippen molar-refractivity contribution < 1.29 is 34.1 Å². The molecule has 0 saturated carbocycles. The zero-order valence-electron chi connectivity index (χ0n) is 22.4. The molecule has 0 radical (unpaired) electrons. The van der Waals surface area contributed by atoms with Crippen LogP contribution in [0.1, 0.15) is 22.5 Å². The molecule has 4 aromatic heterocycles. The molecule has 1 aromatic carbocycles. The second-order valence-corrected chi connectivity index (χ2v) is 8.27. The summed E-state index contributed by atoms with van der Waals surface area (Å²) in [5.41, 5.74) is 8.67. The predicted octanol–water partition coefficient (Wildman–Crippen LogP) is 8.40. The fraction of sp³-hybridized carbons (Fsp3) is 0.0667. The summed E-state index contributed by atoms with van der Waals surface area (Å²) < 4.78 is 0. The molecule has 0 unspecified atom stereocenters. The van der Waals surface area contributed by atoms with Gasteiger partial charge in [0.15, 0.2) is 0 Å². The summed E-state index contributed by atoms with van der Waals surface area (Å²) in [4.78, 5) is 27.5. The molecular weight excluding hydrogens is 698 g/mol. The second kappa shape index (κ2) is 20.3. The summed E-state index contributed by atoms with van der Waals surface area (Å²) in [5.74, 6) is 0. The Bertz CT molecular complexity index is 1450. The molecule has 0 aliphatic heterocycles. The summed E-state index contributed by atoms with van der Waals surface area (Å²) in [6.07, 6.45) is 7.09. The average Bonchev–Trinajstić information content (AvgIpc) is 2.94. The van der Waals surface area contributed by atoms with Crippen LogP contribution >= 0.6 is 49.6 Å². The quantitative estimate of drug-likeness (QED) is 0.130. The van der Waals surface area contributed by atoms with Crippen LogP contribution in [0.2, 0.25) is 0 Å². The molecule has 0 fully saturated rings. The minimum absolute atomic E-state index is 0. The molecule has 0 N–H and O–H groups in total. The minimum Gasteiger partial charge on any atom is -0.255 e. The molecule has 0 spiro atoms. The van der Waals surface area contributed by atoms with Crippen LogP contribution in [0, 0.1) is 13.8 Å². The molecule has 0 aliphatic carbocycles. The van der Waals surface area contributed by atoms with Gasteiger partial charge in [0.2, 0.25) is 0 Å². The standard InChI is InChI=1S/C30H24N6.4ClH.2Fe/c1-21-17-30(34-20-24-10-8-14-28(36-24)26-12-4-6-16-32-26)22(2)18-29(21)33-19-23-9-7-13-27(35-23)25-11-3-5-15-31-25;;;;;;/h3-20H,1-2H3;4*1H;;. The molecule has 0 amide bonds. The van der Waals surface area contributed by atoms with E-state index in [0.29, 0.717) is 0 Å². The number of halogens is 4. The zero-order valence-corrected chi connectivity index (χ0v) is 27.9. The Morgan fingerprint density at radius 2 is 0.881 bits per heavy atom. The van der Waals surface area contributed by atoms with Crippen molar-refractivity contribution in [1.29, 1.82) is 0 Å². The van der Waals surface area contributed by atoms with E-state index in [2.05, 4.69) is 19.9 Å². The Balaban J connectivity index is 0. The van der Waals surface area contributed by atoms with Crippen LogP contribution in [0.15, 0.2) is 107 Å². The summed E-state index contributed by atoms with van der Waals surface area (Å²) in [5, 5.41) is 0. The molecule has 5 rings (SSSR count). The van der Waals surface area contributed by atoms with E-state index < -0.39 is 0 Å². The van der Waals surface area contributed by atoms with Gasteiger partial charge in [-0.25, -0.2) is 9.97 Å². The number of rotatable bonds is 6. The normalized spacial score (nSPS) is 9.76. The zero-order chi connectivity index (χ0) is 24.7. The first kappa shape index (κ1) is 41.5. The third kappa shape index (κ3) is 10.9. The van der Waals surface area contributed by atoms with E-state index in [9.17, 15) is 0 Å². The van der Waals surface area contributed by atoms with Crippen molar-refractivity contribution in [3.05, 3.63) is 120 Å². The van der Waals surface area contributed by atoms with Crippen LogP contribution in [0.5, 0.6) is 0 Å². The first-order chi connectivity index (χ1) is 17.7. The van der Waals surface area contributed by atoms with Crippen molar-refractivity contribution in [2.45, 2.75) is 13.8 Å². The van der Waals surface area contributed by atoms with E-state index in [1.54, 1.807) is 24.8 Å². The maximum atomic E-state index is 4.70. The van der Waals surface area contributed by atoms with Gasteiger partial charge in [-0.3, -0.25) is 20.0 Å². The molecular formula is C30H28Cl4Fe2N6. The van der Waals surface area contributed by atoms with Gasteiger partial charge in [0.05, 0.1) is 58.0 Å². The van der Waals surface area contributed by atoms with Crippen molar-refractivity contribution in [2.24, 2.45) is 9.98 Å². The number of aliphatic imine (C=N–C) groups is 2. The van der Waals surface area contributed by atoms with Crippen LogP contribution in [0.4, 0.5) is 11.4 Å². The summed E-state index contributed by atoms with van der Waals surface area (Å²) >= 11 is 0. The van der Waals surface area contributed by atoms with Crippen molar-refractivity contribution in [3.63, 3.8) is 0 Å². The molecule has 12 heteroatoms. The largest absolute Gasteiger partial charge is 0.255 e. The van der Waals surface area contributed by atoms with Gasteiger partial charge in [-0.05, 0) is 85.6 Å². The van der Waals surface area contributed by atoms with Crippen LogP contribution in [0.25, 0.3) is 22.8 Å². The Kier molecular flexibility index (Phi) is 20.1. The third-order valence-electron chi connectivity index (χ3n) is 5.58. The molecule has 0 aliphatic rings. The number of nitrogens with zero attached hydrogens (tertiary/aromatic N) is 6. The number of hydrogen-bond acceptors (Lipinski definition) is 6. The van der Waals surface area contributed by atoms with E-state index in [1.807, 2.05) is 98.8 Å². The smallest absolute Gasteiger partial charge is 0.0894 e. The number of hydrogen-bond donors (Lipinski definition) is 0. The van der Waals surface area contributed by atoms with Crippen LogP contribution in [-0.2, 0) is 34.1 Å². The molecule has 0 saturated heterocycles. The molecule has 42 heavy (non-hydrogen) atoms. The van der Waals surface area contributed by atoms with Gasteiger partial charge in [0.1, 0.15) is 0 Å². The summed E-state index contributed by atoms with van der Waals surface area (Å²) in [6.45, 7) is 4.06. The predicted molar refractivity (Wildman–Crippen MR) is 174 cm³/mol. The number of aryl methyl sites for hydroxylation is 2. The topological polar surface area (TPSA) is 76.3 Å². The Morgan fingerprint density at radius 1 is 0.500 bits per heavy atom. The van der Waals surface area contributed by atoms with Crippen molar-refractivity contribution in [1.82, 2.24) is 19.9 Å². The van der Waals surface area contributed by atoms with Gasteiger partial charge in [-0.1, -0.05) is 24.3 Å². The third-order valence-corrected chi connectivity index (χ3v) is 5.58. The number of benzene rings is 1. The number of aromatic nitrogens is 4. The van der Waals surface area contributed by atoms with E-state index in [1.165, 1.54) is 0 Å². The molecule has 5 aromatic rings. The van der Waals surface area contributed by atoms with Crippen molar-refractivity contribution >= 4 is 73.4 Å². The van der Waals surface area contributed by atoms with E-state index in [4.69, 9.17) is 9.98 Å². The summed E-state index contributed by atoms with van der Waals surface area (Å²) in [6, 6.07) is 27.3. The Morgan fingerprint density at radius 3 is 1.24 bits per heavy atom. The van der Waals surface area contributed by atoms with Crippen LogP contribution in [0.3, 0.4) is 0 Å². The SMILES string of the molecule is Cc1cc(N=Cc2cccc(-c3ccccn3)n2)c(C)cc1N=Cc1cccc(-c2ccccn2)n1.Cl.Cl.Cl.Cl.[Fe].[Fe]. The molecule has 0 bridgehead atoms. The molecule has 6 nitrogen and oxygen atoms in total. The maximum Gasteiger partial charge on any atom is 0.0894 e. The molecule has 0 atom stereocenters. The van der Waals surface area contributed by atoms with Crippen LogP contribution in [-0.4, -0.2) is 32.4 Å². The number of pyridine rings is 4. The molecule has 222 valence electrons. The fourth-order valence-corrected chi connectivity index (χ4v) is 3.70. The Labute approximate surface area is 292 Å². The second-order valence-electron chi connectivity index (χ2n) is 8.27. The first-order valence-corrected chi connectivity index (χ1v) is 11.6. The van der Waals surface area contributed by atoms with Gasteiger partial charge in [0, 0.05) is 46.5 Å². The van der Waals surface area contributed by atoms with Gasteiger partial charge in [-0.2, -0.15) is 0 Å². The van der Waals surface area contributed by atoms with Crippen molar-refractivity contribution in [3.8, 4) is 22.8 Å². The monoisotopic (exact) mass is 724 g/mol.